The van der Waals surface area contributed by atoms with Gasteiger partial charge >= 0.3 is 0 Å². The second-order valence-corrected chi connectivity index (χ2v) is 22.6. The lowest BCUT2D eigenvalue weighted by molar-refractivity contribution is 0.0878. The molecule has 0 radical (unpaired) electrons. The Bertz CT molecular complexity index is 4090. The van der Waals surface area contributed by atoms with Gasteiger partial charge in [-0.2, -0.15) is 4.73 Å². The molecule has 13 N–H and O–H groups in total. The highest BCUT2D eigenvalue weighted by molar-refractivity contribution is 6.33. The Labute approximate surface area is 536 Å². The molecule has 0 bridgehead atoms. The summed E-state index contributed by atoms with van der Waals surface area (Å²) in [5, 5.41) is 72.3. The number of carbonyl (C=O) groups is 7. The number of rotatable bonds is 14. The summed E-state index contributed by atoms with van der Waals surface area (Å²) in [4.78, 5) is 162. The van der Waals surface area contributed by atoms with Crippen LogP contribution in [0, 0.1) is 48.3 Å². The number of aromatic amines is 5. The predicted octanol–water partition coefficient (Wildman–Crippen LogP) is 7.81. The van der Waals surface area contributed by atoms with Gasteiger partial charge in [0.25, 0.3) is 5.56 Å². The minimum Gasteiger partial charge on any atom is -0.506 e. The fraction of sp³-hybridized carbons (Fsp3) is 0.344. The third-order valence-electron chi connectivity index (χ3n) is 12.2. The van der Waals surface area contributed by atoms with Crippen molar-refractivity contribution in [1.29, 1.82) is 0 Å². The van der Waals surface area contributed by atoms with Gasteiger partial charge in [-0.15, -0.1) is 0 Å². The van der Waals surface area contributed by atoms with Crippen LogP contribution in [0.5, 0.6) is 40.2 Å². The van der Waals surface area contributed by atoms with Crippen molar-refractivity contribution >= 4 is 52.1 Å². The number of carbonyl (C=O) groups excluding carboxylic acids is 7. The number of Topliss-reactive ketones (excluding diaryl/α,β-unsaturated/α-hetero) is 7. The molecule has 7 aromatic heterocycles. The van der Waals surface area contributed by atoms with Crippen LogP contribution in [-0.4, -0.2) is 116 Å². The third kappa shape index (κ3) is 24.2. The second-order valence-electron chi connectivity index (χ2n) is 22.2. The van der Waals surface area contributed by atoms with Crippen LogP contribution in [0.4, 0.5) is 0 Å². The van der Waals surface area contributed by atoms with Crippen LogP contribution >= 0.6 is 11.6 Å². The Hall–Kier alpha value is -10.8. The van der Waals surface area contributed by atoms with Crippen molar-refractivity contribution in [2.45, 2.75) is 104 Å². The normalized spacial score (nSPS) is 10.4. The number of nitrogens with one attached hydrogen (secondary N) is 5. The maximum atomic E-state index is 11.5. The predicted molar refractivity (Wildman–Crippen MR) is 343 cm³/mol. The van der Waals surface area contributed by atoms with E-state index in [1.165, 1.54) is 42.9 Å². The molecule has 0 unspecified atom stereocenters. The average molecular weight is 1320 g/mol. The topological polar surface area (TPSA) is 481 Å². The lowest BCUT2D eigenvalue weighted by atomic mass is 10.0. The summed E-state index contributed by atoms with van der Waals surface area (Å²) in [5.41, 5.74) is -2.33. The molecule has 0 aliphatic carbocycles. The molecule has 93 heavy (non-hydrogen) atoms. The van der Waals surface area contributed by atoms with Crippen LogP contribution < -0.4 is 32.7 Å². The van der Waals surface area contributed by atoms with Crippen LogP contribution in [0.2, 0.25) is 5.02 Å². The first kappa shape index (κ1) is 80.2. The van der Waals surface area contributed by atoms with Gasteiger partial charge in [-0.3, -0.25) is 67.3 Å². The monoisotopic (exact) mass is 1320 g/mol. The minimum absolute atomic E-state index is 0.00259. The molecule has 0 aromatic carbocycles. The van der Waals surface area contributed by atoms with E-state index in [1.54, 1.807) is 90.0 Å². The molecule has 0 fully saturated rings. The average Bonchev–Trinajstić information content (AvgIpc) is 1.09. The van der Waals surface area contributed by atoms with E-state index < -0.39 is 55.7 Å². The van der Waals surface area contributed by atoms with E-state index in [9.17, 15) is 77.7 Å². The van der Waals surface area contributed by atoms with E-state index in [-0.39, 0.29) is 138 Å². The van der Waals surface area contributed by atoms with E-state index in [1.807, 2.05) is 13.8 Å². The quantitative estimate of drug-likeness (QED) is 0.0364. The Balaban J connectivity index is 0.000000543. The molecule has 7 heterocycles. The molecule has 0 atom stereocenters. The van der Waals surface area contributed by atoms with Crippen molar-refractivity contribution < 1.29 is 74.5 Å². The van der Waals surface area contributed by atoms with Crippen LogP contribution in [0.3, 0.4) is 0 Å². The van der Waals surface area contributed by atoms with Gasteiger partial charge in [0.15, 0.2) is 75.0 Å². The first-order valence-corrected chi connectivity index (χ1v) is 28.7. The van der Waals surface area contributed by atoms with Gasteiger partial charge < -0.3 is 65.9 Å². The standard InChI is InChI=1S/C10H13NO2.C9H10ClNO3.C9H11NO4.4C9H11NO3/c1-6(2)10(13)8-4-9(12)7(3)11-5-8;1-4(2)8(13)7-6(10)9(14)5(12)3-11-7;1-5(2)9(13)6-3-7(11)8(12)4-10(6)14;1-5(2)8(12)6-3-10-4-7(11)9(6)13;1-5(2)9(13)6-3-7(11)8(12)4-10-6;1-5(2)8(12)7-9(13)6(11)3-4-10-7;1-5(2)8(12)6-3-4-7(11)9(13)10-6/h4-6,12H,1-3H3;3-4,12H,1-2H3,(H,11,14);3-5,12,14H,1-2H3;3-5,11H,1-2H3,(H,10,13);3-5,12H,1-2H3,(H,10,11);3-5,13H,1-2H3,(H,10,11);3-5,11H,1-2H3,(H,10,13). The van der Waals surface area contributed by atoms with Gasteiger partial charge in [0.1, 0.15) is 27.9 Å². The largest absolute Gasteiger partial charge is 0.506 e. The van der Waals surface area contributed by atoms with E-state index in [2.05, 4.69) is 29.9 Å². The SMILES string of the molecule is CC(C)C(=O)c1[nH]cc(O)c(=O)c1Cl.CC(C)C(=O)c1[nH]ccc(=O)c1O.CC(C)C(=O)c1c[nH]cc(O)c1=O.CC(C)C(=O)c1cc(=O)c(O)c[nH]1.CC(C)C(=O)c1cc(=O)c(O)cn1O.CC(C)C(=O)c1ccc(O)c(=O)[nH]1.Cc1ncc(C(=O)C(C)C)cc1O. The maximum absolute atomic E-state index is 11.5. The Morgan fingerprint density at radius 1 is 0.462 bits per heavy atom. The van der Waals surface area contributed by atoms with Crippen molar-refractivity contribution in [2.75, 3.05) is 0 Å². The summed E-state index contributed by atoms with van der Waals surface area (Å²) >= 11 is 5.61. The molecule has 502 valence electrons. The Morgan fingerprint density at radius 3 is 1.44 bits per heavy atom. The molecule has 0 saturated heterocycles. The number of ketones is 7. The second kappa shape index (κ2) is 36.8. The molecule has 0 saturated carbocycles. The fourth-order valence-corrected chi connectivity index (χ4v) is 6.94. The highest BCUT2D eigenvalue weighted by atomic mass is 35.5. The molecule has 0 amide bonds. The summed E-state index contributed by atoms with van der Waals surface area (Å²) in [6, 6.07) is 7.28. The molecule has 0 spiro atoms. The zero-order chi connectivity index (χ0) is 71.8. The highest BCUT2D eigenvalue weighted by Gasteiger charge is 2.21. The molecule has 0 aliphatic heterocycles. The van der Waals surface area contributed by atoms with Crippen molar-refractivity contribution in [2.24, 2.45) is 41.4 Å². The molecular formula is C64H78ClN7O21. The van der Waals surface area contributed by atoms with Gasteiger partial charge in [0, 0.05) is 102 Å². The number of hydrogen-bond donors (Lipinski definition) is 13. The van der Waals surface area contributed by atoms with Gasteiger partial charge in [-0.1, -0.05) is 109 Å². The summed E-state index contributed by atoms with van der Waals surface area (Å²) in [6.45, 7) is 25.8. The molecule has 7 aromatic rings. The van der Waals surface area contributed by atoms with Gasteiger partial charge in [-0.25, -0.2) is 0 Å². The number of nitrogens with zero attached hydrogens (tertiary/aromatic N) is 2. The van der Waals surface area contributed by atoms with Crippen molar-refractivity contribution in [3.8, 4) is 40.2 Å². The summed E-state index contributed by atoms with van der Waals surface area (Å²) in [7, 11) is 0. The Morgan fingerprint density at radius 2 is 0.946 bits per heavy atom. The van der Waals surface area contributed by atoms with Crippen LogP contribution in [0.1, 0.15) is 176 Å². The lowest BCUT2D eigenvalue weighted by Gasteiger charge is -2.07. The molecule has 7 rings (SSSR count). The van der Waals surface area contributed by atoms with Gasteiger partial charge in [-0.05, 0) is 25.1 Å². The van der Waals surface area contributed by atoms with E-state index in [0.29, 0.717) is 16.0 Å². The molecule has 0 aliphatic rings. The van der Waals surface area contributed by atoms with Crippen LogP contribution in [0.25, 0.3) is 0 Å². The van der Waals surface area contributed by atoms with Crippen molar-refractivity contribution in [1.82, 2.24) is 34.6 Å². The first-order valence-electron chi connectivity index (χ1n) is 28.4. The zero-order valence-corrected chi connectivity index (χ0v) is 54.5. The summed E-state index contributed by atoms with van der Waals surface area (Å²) in [6.07, 6.45) is 8.29. The smallest absolute Gasteiger partial charge is 0.290 e. The van der Waals surface area contributed by atoms with Crippen molar-refractivity contribution in [3.05, 3.63) is 192 Å². The molecular weight excluding hydrogens is 1240 g/mol. The lowest BCUT2D eigenvalue weighted by Crippen LogP contribution is -2.18. The highest BCUT2D eigenvalue weighted by Crippen LogP contribution is 2.19. The van der Waals surface area contributed by atoms with E-state index in [0.717, 1.165) is 36.9 Å². The summed E-state index contributed by atoms with van der Waals surface area (Å²) in [5.74, 6) is -5.58. The third-order valence-corrected chi connectivity index (χ3v) is 12.6. The van der Waals surface area contributed by atoms with Gasteiger partial charge in [0.05, 0.1) is 28.8 Å². The van der Waals surface area contributed by atoms with Crippen LogP contribution in [0.15, 0.2) is 109 Å². The minimum atomic E-state index is -0.727. The number of aromatic hydroxyl groups is 7. The number of pyridine rings is 7. The molecule has 29 heteroatoms. The van der Waals surface area contributed by atoms with Gasteiger partial charge in [0.2, 0.25) is 27.1 Å². The number of H-pyrrole nitrogens is 5. The molecule has 28 nitrogen and oxygen atoms in total. The maximum Gasteiger partial charge on any atom is 0.290 e. The van der Waals surface area contributed by atoms with E-state index >= 15 is 0 Å². The van der Waals surface area contributed by atoms with Crippen LogP contribution in [-0.2, 0) is 0 Å². The number of aromatic nitrogens is 7. The first-order chi connectivity index (χ1) is 43.0. The zero-order valence-electron chi connectivity index (χ0n) is 53.7. The van der Waals surface area contributed by atoms with Crippen molar-refractivity contribution in [3.63, 3.8) is 0 Å². The number of halogens is 1. The Kier molecular flexibility index (Phi) is 31.7. The van der Waals surface area contributed by atoms with E-state index in [4.69, 9.17) is 37.1 Å². The fourth-order valence-electron chi connectivity index (χ4n) is 6.70. The number of hydrogen-bond acceptors (Lipinski definition) is 22. The number of aryl methyl sites for hydroxylation is 1. The summed E-state index contributed by atoms with van der Waals surface area (Å²) < 4.78 is 0.457.